The first-order chi connectivity index (χ1) is 4.93. The average molecular weight is 152 g/mol. The Kier molecular flexibility index (Phi) is 2.96. The van der Waals surface area contributed by atoms with Crippen LogP contribution in [-0.4, -0.2) is 15.3 Å². The highest BCUT2D eigenvalue weighted by atomic mass is 32.1. The fourth-order valence-corrected chi connectivity index (χ4v) is 0.791. The first-order valence-corrected chi connectivity index (χ1v) is 3.59. The second kappa shape index (κ2) is 4.06. The van der Waals surface area contributed by atoms with Crippen LogP contribution in [0.25, 0.3) is 0 Å². The molecule has 0 aromatic carbocycles. The van der Waals surface area contributed by atoms with Crippen molar-refractivity contribution in [2.45, 2.75) is 12.8 Å². The molecule has 0 aliphatic carbocycles. The zero-order chi connectivity index (χ0) is 7.23. The van der Waals surface area contributed by atoms with Gasteiger partial charge in [0.2, 0.25) is 0 Å². The van der Waals surface area contributed by atoms with Crippen LogP contribution in [-0.2, 0) is 6.42 Å². The number of aromatic nitrogens is 2. The van der Waals surface area contributed by atoms with Gasteiger partial charge in [0.1, 0.15) is 6.33 Å². The average Bonchev–Trinajstić information content (AvgIpc) is 2.03. The fourth-order valence-electron chi connectivity index (χ4n) is 0.673. The summed E-state index contributed by atoms with van der Waals surface area (Å²) in [6.45, 7) is 0. The first kappa shape index (κ1) is 7.28. The Morgan fingerprint density at radius 3 is 3.10 bits per heavy atom. The minimum Gasteiger partial charge on any atom is -0.245 e. The molecule has 0 aliphatic rings. The van der Waals surface area contributed by atoms with Gasteiger partial charge in [0, 0.05) is 11.9 Å². The van der Waals surface area contributed by atoms with E-state index in [1.165, 1.54) is 0 Å². The highest BCUT2D eigenvalue weighted by molar-refractivity contribution is 7.78. The van der Waals surface area contributed by atoms with E-state index in [0.29, 0.717) is 0 Å². The molecule has 0 radical (unpaired) electrons. The van der Waals surface area contributed by atoms with Crippen LogP contribution in [0, 0.1) is 0 Å². The Morgan fingerprint density at radius 1 is 1.60 bits per heavy atom. The molecule has 0 unspecified atom stereocenters. The predicted molar refractivity (Wildman–Crippen MR) is 44.0 cm³/mol. The SMILES string of the molecule is S=CCCc1ccncn1. The van der Waals surface area contributed by atoms with Gasteiger partial charge < -0.3 is 0 Å². The highest BCUT2D eigenvalue weighted by Crippen LogP contribution is 1.94. The van der Waals surface area contributed by atoms with E-state index in [9.17, 15) is 0 Å². The molecule has 0 N–H and O–H groups in total. The summed E-state index contributed by atoms with van der Waals surface area (Å²) >= 11 is 4.68. The molecule has 0 atom stereocenters. The summed E-state index contributed by atoms with van der Waals surface area (Å²) in [7, 11) is 0. The van der Waals surface area contributed by atoms with Crippen LogP contribution in [0.15, 0.2) is 18.6 Å². The summed E-state index contributed by atoms with van der Waals surface area (Å²) in [6, 6.07) is 1.90. The van der Waals surface area contributed by atoms with Crippen molar-refractivity contribution in [1.82, 2.24) is 9.97 Å². The maximum atomic E-state index is 4.68. The third-order valence-corrected chi connectivity index (χ3v) is 1.40. The Labute approximate surface area is 65.3 Å². The lowest BCUT2D eigenvalue weighted by atomic mass is 10.2. The second-order valence-corrected chi connectivity index (χ2v) is 2.24. The van der Waals surface area contributed by atoms with Gasteiger partial charge in [0.05, 0.1) is 0 Å². The normalized spacial score (nSPS) is 9.20. The van der Waals surface area contributed by atoms with E-state index < -0.39 is 0 Å². The third kappa shape index (κ3) is 2.19. The lowest BCUT2D eigenvalue weighted by Gasteiger charge is -1.92. The van der Waals surface area contributed by atoms with E-state index in [-0.39, 0.29) is 0 Å². The smallest absolute Gasteiger partial charge is 0.115 e. The van der Waals surface area contributed by atoms with Gasteiger partial charge in [0.15, 0.2) is 0 Å². The summed E-state index contributed by atoms with van der Waals surface area (Å²) in [6.07, 6.45) is 5.13. The minimum atomic E-state index is 0.909. The largest absolute Gasteiger partial charge is 0.245 e. The van der Waals surface area contributed by atoms with Crippen LogP contribution in [0.2, 0.25) is 0 Å². The van der Waals surface area contributed by atoms with Crippen molar-refractivity contribution in [3.05, 3.63) is 24.3 Å². The zero-order valence-corrected chi connectivity index (χ0v) is 6.34. The number of hydrogen-bond acceptors (Lipinski definition) is 3. The summed E-state index contributed by atoms with van der Waals surface area (Å²) in [5.74, 6) is 0. The molecule has 2 nitrogen and oxygen atoms in total. The van der Waals surface area contributed by atoms with Crippen molar-refractivity contribution in [3.63, 3.8) is 0 Å². The van der Waals surface area contributed by atoms with E-state index in [1.807, 2.05) is 6.07 Å². The van der Waals surface area contributed by atoms with Crippen molar-refractivity contribution in [3.8, 4) is 0 Å². The minimum absolute atomic E-state index is 0.909. The molecule has 0 bridgehead atoms. The lowest BCUT2D eigenvalue weighted by molar-refractivity contribution is 0.962. The van der Waals surface area contributed by atoms with Crippen molar-refractivity contribution < 1.29 is 0 Å². The predicted octanol–water partition coefficient (Wildman–Crippen LogP) is 1.41. The first-order valence-electron chi connectivity index (χ1n) is 3.12. The zero-order valence-electron chi connectivity index (χ0n) is 5.53. The van der Waals surface area contributed by atoms with Crippen molar-refractivity contribution >= 4 is 17.6 Å². The molecule has 1 aromatic heterocycles. The summed E-state index contributed by atoms with van der Waals surface area (Å²) < 4.78 is 0. The third-order valence-electron chi connectivity index (χ3n) is 1.16. The van der Waals surface area contributed by atoms with Gasteiger partial charge in [0.25, 0.3) is 0 Å². The van der Waals surface area contributed by atoms with E-state index in [1.54, 1.807) is 17.9 Å². The molecule has 0 saturated heterocycles. The Balaban J connectivity index is 2.50. The van der Waals surface area contributed by atoms with Crippen molar-refractivity contribution in [2.24, 2.45) is 0 Å². The molecule has 0 saturated carbocycles. The molecule has 0 spiro atoms. The Morgan fingerprint density at radius 2 is 2.50 bits per heavy atom. The van der Waals surface area contributed by atoms with Gasteiger partial charge in [-0.25, -0.2) is 9.97 Å². The molecule has 3 heteroatoms. The molecular weight excluding hydrogens is 144 g/mol. The van der Waals surface area contributed by atoms with Crippen LogP contribution < -0.4 is 0 Å². The molecule has 52 valence electrons. The highest BCUT2D eigenvalue weighted by Gasteiger charge is 1.88. The van der Waals surface area contributed by atoms with Crippen LogP contribution in [0.5, 0.6) is 0 Å². The lowest BCUT2D eigenvalue weighted by Crippen LogP contribution is -1.89. The van der Waals surface area contributed by atoms with Crippen LogP contribution in [0.1, 0.15) is 12.1 Å². The molecular formula is C7H8N2S. The van der Waals surface area contributed by atoms with Gasteiger partial charge >= 0.3 is 0 Å². The number of hydrogen-bond donors (Lipinski definition) is 0. The molecule has 0 amide bonds. The standard InChI is InChI=1S/C7H8N2S/c10-5-1-2-7-3-4-8-6-9-7/h3-6H,1-2H2. The number of thiocarbonyl (C=S) groups is 1. The molecule has 10 heavy (non-hydrogen) atoms. The van der Waals surface area contributed by atoms with Crippen molar-refractivity contribution in [2.75, 3.05) is 0 Å². The van der Waals surface area contributed by atoms with Crippen molar-refractivity contribution in [1.29, 1.82) is 0 Å². The maximum Gasteiger partial charge on any atom is 0.115 e. The topological polar surface area (TPSA) is 25.8 Å². The van der Waals surface area contributed by atoms with E-state index in [2.05, 4.69) is 22.2 Å². The molecule has 1 heterocycles. The quantitative estimate of drug-likeness (QED) is 0.612. The monoisotopic (exact) mass is 152 g/mol. The van der Waals surface area contributed by atoms with Gasteiger partial charge in [-0.3, -0.25) is 0 Å². The maximum absolute atomic E-state index is 4.68. The van der Waals surface area contributed by atoms with Crippen LogP contribution in [0.4, 0.5) is 0 Å². The van der Waals surface area contributed by atoms with E-state index >= 15 is 0 Å². The Bertz CT molecular complexity index is 198. The number of rotatable bonds is 3. The van der Waals surface area contributed by atoms with Crippen LogP contribution >= 0.6 is 12.2 Å². The molecule has 0 fully saturated rings. The fraction of sp³-hybridized carbons (Fsp3) is 0.286. The van der Waals surface area contributed by atoms with E-state index in [0.717, 1.165) is 18.5 Å². The number of nitrogens with zero attached hydrogens (tertiary/aromatic N) is 2. The molecule has 0 aliphatic heterocycles. The van der Waals surface area contributed by atoms with Gasteiger partial charge in [-0.1, -0.05) is 12.2 Å². The van der Waals surface area contributed by atoms with Gasteiger partial charge in [-0.15, -0.1) is 0 Å². The van der Waals surface area contributed by atoms with Crippen LogP contribution in [0.3, 0.4) is 0 Å². The Hall–Kier alpha value is -0.830. The molecule has 1 rings (SSSR count). The molecule has 1 aromatic rings. The van der Waals surface area contributed by atoms with Gasteiger partial charge in [-0.2, -0.15) is 0 Å². The summed E-state index contributed by atoms with van der Waals surface area (Å²) in [4.78, 5) is 7.84. The number of aryl methyl sites for hydroxylation is 1. The second-order valence-electron chi connectivity index (χ2n) is 1.91. The van der Waals surface area contributed by atoms with Gasteiger partial charge in [-0.05, 0) is 24.3 Å². The summed E-state index contributed by atoms with van der Waals surface area (Å²) in [5, 5.41) is 1.72. The summed E-state index contributed by atoms with van der Waals surface area (Å²) in [5.41, 5.74) is 1.05. The van der Waals surface area contributed by atoms with E-state index in [4.69, 9.17) is 0 Å².